The summed E-state index contributed by atoms with van der Waals surface area (Å²) in [5.41, 5.74) is 0.578. The molecule has 2 aromatic rings. The van der Waals surface area contributed by atoms with Crippen LogP contribution < -0.4 is 9.80 Å². The van der Waals surface area contributed by atoms with Crippen molar-refractivity contribution in [2.45, 2.75) is 25.4 Å². The highest BCUT2D eigenvalue weighted by Crippen LogP contribution is 2.32. The highest BCUT2D eigenvalue weighted by atomic mass is 19.1. The largest absolute Gasteiger partial charge is 0.369 e. The monoisotopic (exact) mass is 343 g/mol. The average Bonchev–Trinajstić information content (AvgIpc) is 2.63. The van der Waals surface area contributed by atoms with Crippen LogP contribution in [0.2, 0.25) is 0 Å². The SMILES string of the molecule is Cc1ccc(N2CCOC3(CCCN(c4ncccc4F)C3)C2)nn1. The molecule has 1 atom stereocenters. The number of nitrogens with zero attached hydrogens (tertiary/aromatic N) is 5. The number of halogens is 1. The van der Waals surface area contributed by atoms with Crippen LogP contribution in [0.1, 0.15) is 18.5 Å². The summed E-state index contributed by atoms with van der Waals surface area (Å²) >= 11 is 0. The highest BCUT2D eigenvalue weighted by molar-refractivity contribution is 5.43. The second-order valence-corrected chi connectivity index (χ2v) is 6.82. The first-order chi connectivity index (χ1) is 12.2. The number of hydrogen-bond acceptors (Lipinski definition) is 6. The Bertz CT molecular complexity index is 737. The standard InChI is InChI=1S/C18H22FN5O/c1-14-5-6-16(22-21-14)23-10-11-25-18(12-23)7-3-9-24(13-18)17-15(19)4-2-8-20-17/h2,4-6,8H,3,7,9-13H2,1H3. The fraction of sp³-hybridized carbons (Fsp3) is 0.500. The van der Waals surface area contributed by atoms with E-state index in [0.717, 1.165) is 44.0 Å². The van der Waals surface area contributed by atoms with Gasteiger partial charge in [0.25, 0.3) is 0 Å². The summed E-state index contributed by atoms with van der Waals surface area (Å²) < 4.78 is 20.3. The normalized spacial score (nSPS) is 23.9. The number of aryl methyl sites for hydroxylation is 1. The molecule has 25 heavy (non-hydrogen) atoms. The number of hydrogen-bond donors (Lipinski definition) is 0. The van der Waals surface area contributed by atoms with E-state index >= 15 is 0 Å². The van der Waals surface area contributed by atoms with E-state index in [9.17, 15) is 4.39 Å². The number of anilines is 2. The molecule has 0 aromatic carbocycles. The van der Waals surface area contributed by atoms with Crippen LogP contribution in [-0.2, 0) is 4.74 Å². The van der Waals surface area contributed by atoms with Gasteiger partial charge in [0.15, 0.2) is 17.5 Å². The Labute approximate surface area is 146 Å². The lowest BCUT2D eigenvalue weighted by Gasteiger charge is -2.48. The van der Waals surface area contributed by atoms with E-state index in [4.69, 9.17) is 4.74 Å². The van der Waals surface area contributed by atoms with Gasteiger partial charge in [-0.15, -0.1) is 5.10 Å². The fourth-order valence-corrected chi connectivity index (χ4v) is 3.74. The van der Waals surface area contributed by atoms with Crippen LogP contribution >= 0.6 is 0 Å². The second kappa shape index (κ2) is 6.55. The van der Waals surface area contributed by atoms with Gasteiger partial charge in [-0.25, -0.2) is 9.37 Å². The zero-order valence-corrected chi connectivity index (χ0v) is 14.4. The molecule has 4 rings (SSSR count). The number of rotatable bonds is 2. The van der Waals surface area contributed by atoms with Crippen molar-refractivity contribution in [3.8, 4) is 0 Å². The molecule has 1 spiro atoms. The van der Waals surface area contributed by atoms with Crippen molar-refractivity contribution in [2.75, 3.05) is 42.6 Å². The van der Waals surface area contributed by atoms with E-state index in [1.54, 1.807) is 12.3 Å². The smallest absolute Gasteiger partial charge is 0.165 e. The Morgan fingerprint density at radius 1 is 1.12 bits per heavy atom. The van der Waals surface area contributed by atoms with Gasteiger partial charge in [0.05, 0.1) is 25.4 Å². The molecular formula is C18H22FN5O. The molecule has 0 amide bonds. The molecule has 2 saturated heterocycles. The summed E-state index contributed by atoms with van der Waals surface area (Å²) in [6.07, 6.45) is 3.53. The van der Waals surface area contributed by atoms with Gasteiger partial charge in [0.1, 0.15) is 5.60 Å². The molecule has 0 saturated carbocycles. The van der Waals surface area contributed by atoms with Crippen LogP contribution in [0.4, 0.5) is 16.0 Å². The minimum atomic E-state index is -0.326. The fourth-order valence-electron chi connectivity index (χ4n) is 3.74. The number of piperidine rings is 1. The van der Waals surface area contributed by atoms with Gasteiger partial charge in [-0.05, 0) is 44.0 Å². The van der Waals surface area contributed by atoms with Gasteiger partial charge in [-0.3, -0.25) is 0 Å². The van der Waals surface area contributed by atoms with E-state index in [0.29, 0.717) is 19.0 Å². The van der Waals surface area contributed by atoms with Crippen LogP contribution in [0.25, 0.3) is 0 Å². The Morgan fingerprint density at radius 3 is 2.80 bits per heavy atom. The van der Waals surface area contributed by atoms with E-state index in [2.05, 4.69) is 20.1 Å². The van der Waals surface area contributed by atoms with Crippen molar-refractivity contribution in [1.82, 2.24) is 15.2 Å². The van der Waals surface area contributed by atoms with Gasteiger partial charge in [-0.1, -0.05) is 0 Å². The van der Waals surface area contributed by atoms with Crippen molar-refractivity contribution in [3.05, 3.63) is 42.0 Å². The maximum Gasteiger partial charge on any atom is 0.165 e. The summed E-state index contributed by atoms with van der Waals surface area (Å²) in [5.74, 6) is 1.00. The number of pyridine rings is 1. The van der Waals surface area contributed by atoms with E-state index in [1.807, 2.05) is 24.0 Å². The Morgan fingerprint density at radius 2 is 2.00 bits per heavy atom. The highest BCUT2D eigenvalue weighted by Gasteiger charge is 2.41. The lowest BCUT2D eigenvalue weighted by Crippen LogP contribution is -2.60. The Balaban J connectivity index is 1.54. The molecule has 2 aromatic heterocycles. The summed E-state index contributed by atoms with van der Waals surface area (Å²) in [6.45, 7) is 5.51. The second-order valence-electron chi connectivity index (χ2n) is 6.82. The van der Waals surface area contributed by atoms with Crippen molar-refractivity contribution >= 4 is 11.6 Å². The Hall–Kier alpha value is -2.28. The van der Waals surface area contributed by atoms with Gasteiger partial charge in [0, 0.05) is 19.3 Å². The van der Waals surface area contributed by atoms with E-state index < -0.39 is 0 Å². The van der Waals surface area contributed by atoms with Crippen LogP contribution in [0.5, 0.6) is 0 Å². The predicted molar refractivity (Wildman–Crippen MR) is 93.3 cm³/mol. The summed E-state index contributed by atoms with van der Waals surface area (Å²) in [5, 5.41) is 8.47. The number of aromatic nitrogens is 3. The van der Waals surface area contributed by atoms with Crippen molar-refractivity contribution < 1.29 is 9.13 Å². The maximum atomic E-state index is 14.1. The predicted octanol–water partition coefficient (Wildman–Crippen LogP) is 2.19. The van der Waals surface area contributed by atoms with Crippen molar-refractivity contribution in [1.29, 1.82) is 0 Å². The van der Waals surface area contributed by atoms with E-state index in [1.165, 1.54) is 6.07 Å². The summed E-state index contributed by atoms with van der Waals surface area (Å²) in [7, 11) is 0. The first kappa shape index (κ1) is 16.2. The zero-order valence-electron chi connectivity index (χ0n) is 14.4. The molecule has 2 fully saturated rings. The molecule has 4 heterocycles. The van der Waals surface area contributed by atoms with Crippen LogP contribution in [0, 0.1) is 12.7 Å². The lowest BCUT2D eigenvalue weighted by molar-refractivity contribution is -0.0633. The van der Waals surface area contributed by atoms with Crippen LogP contribution in [0.15, 0.2) is 30.5 Å². The topological polar surface area (TPSA) is 54.4 Å². The average molecular weight is 343 g/mol. The molecule has 1 unspecified atom stereocenters. The van der Waals surface area contributed by atoms with Gasteiger partial charge >= 0.3 is 0 Å². The van der Waals surface area contributed by atoms with Crippen molar-refractivity contribution in [2.24, 2.45) is 0 Å². The molecule has 6 nitrogen and oxygen atoms in total. The lowest BCUT2D eigenvalue weighted by atomic mass is 9.90. The molecule has 0 bridgehead atoms. The molecular weight excluding hydrogens is 321 g/mol. The molecule has 0 N–H and O–H groups in total. The number of morpholine rings is 1. The third kappa shape index (κ3) is 3.28. The zero-order chi connectivity index (χ0) is 17.3. The molecule has 2 aliphatic rings. The first-order valence-electron chi connectivity index (χ1n) is 8.70. The number of ether oxygens (including phenoxy) is 1. The van der Waals surface area contributed by atoms with Crippen LogP contribution in [0.3, 0.4) is 0 Å². The minimum absolute atomic E-state index is 0.281. The minimum Gasteiger partial charge on any atom is -0.369 e. The Kier molecular flexibility index (Phi) is 4.25. The van der Waals surface area contributed by atoms with Crippen molar-refractivity contribution in [3.63, 3.8) is 0 Å². The quantitative estimate of drug-likeness (QED) is 0.833. The molecule has 132 valence electrons. The third-order valence-electron chi connectivity index (χ3n) is 4.93. The third-order valence-corrected chi connectivity index (χ3v) is 4.93. The summed E-state index contributed by atoms with van der Waals surface area (Å²) in [6, 6.07) is 7.05. The summed E-state index contributed by atoms with van der Waals surface area (Å²) in [4.78, 5) is 8.45. The molecule has 0 radical (unpaired) electrons. The molecule has 2 aliphatic heterocycles. The van der Waals surface area contributed by atoms with Gasteiger partial charge < -0.3 is 14.5 Å². The molecule has 7 heteroatoms. The molecule has 0 aliphatic carbocycles. The maximum absolute atomic E-state index is 14.1. The van der Waals surface area contributed by atoms with Gasteiger partial charge in [-0.2, -0.15) is 5.10 Å². The van der Waals surface area contributed by atoms with Crippen LogP contribution in [-0.4, -0.2) is 53.6 Å². The van der Waals surface area contributed by atoms with Gasteiger partial charge in [0.2, 0.25) is 0 Å². The van der Waals surface area contributed by atoms with E-state index in [-0.39, 0.29) is 11.4 Å². The first-order valence-corrected chi connectivity index (χ1v) is 8.70.